The highest BCUT2D eigenvalue weighted by atomic mass is 35.5. The summed E-state index contributed by atoms with van der Waals surface area (Å²) in [5.74, 6) is 1.18. The van der Waals surface area contributed by atoms with Gasteiger partial charge in [0.1, 0.15) is 19.0 Å². The van der Waals surface area contributed by atoms with Gasteiger partial charge in [-0.2, -0.15) is 0 Å². The number of amides is 2. The lowest BCUT2D eigenvalue weighted by molar-refractivity contribution is 0.132. The Kier molecular flexibility index (Phi) is 8.90. The van der Waals surface area contributed by atoms with Crippen LogP contribution in [0.2, 0.25) is 0 Å². The number of ether oxygens (including phenoxy) is 3. The maximum atomic E-state index is 11.8. The number of nitrogens with zero attached hydrogens (tertiary/aromatic N) is 1. The summed E-state index contributed by atoms with van der Waals surface area (Å²) < 4.78 is 15.7. The molecule has 0 spiro atoms. The monoisotopic (exact) mass is 429 g/mol. The van der Waals surface area contributed by atoms with E-state index in [9.17, 15) is 9.59 Å². The molecule has 0 bridgehead atoms. The molecule has 8 nitrogen and oxygen atoms in total. The number of carbonyl (C=O) groups excluding carboxylic acids is 2. The molecule has 28 heavy (non-hydrogen) atoms. The van der Waals surface area contributed by atoms with E-state index in [4.69, 9.17) is 37.4 Å². The molecule has 1 aromatic carbocycles. The maximum Gasteiger partial charge on any atom is 0.407 e. The molecule has 1 heterocycles. The van der Waals surface area contributed by atoms with Gasteiger partial charge in [0.25, 0.3) is 0 Å². The molecule has 0 radical (unpaired) electrons. The lowest BCUT2D eigenvalue weighted by Gasteiger charge is -2.14. The molecular formula is C18H21Cl2N3O5. The van der Waals surface area contributed by atoms with Gasteiger partial charge >= 0.3 is 12.2 Å². The minimum atomic E-state index is -0.599. The number of rotatable bonds is 9. The Morgan fingerprint density at radius 1 is 1.04 bits per heavy atom. The quantitative estimate of drug-likeness (QED) is 0.593. The second kappa shape index (κ2) is 11.4. The number of nitrogens with one attached hydrogen (secondary N) is 2. The first kappa shape index (κ1) is 21.8. The fourth-order valence-corrected chi connectivity index (χ4v) is 2.56. The van der Waals surface area contributed by atoms with Gasteiger partial charge in [-0.05, 0) is 18.2 Å². The Labute approximate surface area is 172 Å². The first-order chi connectivity index (χ1) is 13.6. The molecule has 0 aliphatic rings. The Balaban J connectivity index is 2.25. The van der Waals surface area contributed by atoms with Crippen molar-refractivity contribution in [1.29, 1.82) is 0 Å². The zero-order valence-corrected chi connectivity index (χ0v) is 16.8. The zero-order chi connectivity index (χ0) is 20.4. The van der Waals surface area contributed by atoms with E-state index in [0.717, 1.165) is 5.39 Å². The van der Waals surface area contributed by atoms with Gasteiger partial charge in [-0.3, -0.25) is 4.98 Å². The van der Waals surface area contributed by atoms with E-state index in [-0.39, 0.29) is 25.0 Å². The summed E-state index contributed by atoms with van der Waals surface area (Å²) in [6, 6.07) is 5.36. The SMILES string of the molecule is COc1ccc2ncc(COC(=O)NCCCl)c(COC(=O)NCCCl)c2c1. The Hall–Kier alpha value is -2.45. The van der Waals surface area contributed by atoms with Crippen LogP contribution in [-0.2, 0) is 22.7 Å². The van der Waals surface area contributed by atoms with Crippen LogP contribution in [0.15, 0.2) is 24.4 Å². The molecule has 0 saturated carbocycles. The number of halogens is 2. The number of carbonyl (C=O) groups is 2. The number of hydrogen-bond donors (Lipinski definition) is 2. The normalized spacial score (nSPS) is 10.4. The number of pyridine rings is 1. The highest BCUT2D eigenvalue weighted by Gasteiger charge is 2.14. The number of alkyl carbamates (subject to hydrolysis) is 2. The van der Waals surface area contributed by atoms with Gasteiger partial charge in [-0.15, -0.1) is 23.2 Å². The molecule has 0 aliphatic heterocycles. The summed E-state index contributed by atoms with van der Waals surface area (Å²) in [7, 11) is 1.55. The number of hydrogen-bond acceptors (Lipinski definition) is 6. The van der Waals surface area contributed by atoms with E-state index in [0.29, 0.717) is 35.5 Å². The summed E-state index contributed by atoms with van der Waals surface area (Å²) >= 11 is 11.1. The molecule has 0 aliphatic carbocycles. The third kappa shape index (κ3) is 6.31. The first-order valence-electron chi connectivity index (χ1n) is 8.46. The molecule has 0 unspecified atom stereocenters. The van der Waals surface area contributed by atoms with E-state index >= 15 is 0 Å². The van der Waals surface area contributed by atoms with E-state index in [1.54, 1.807) is 31.5 Å². The fourth-order valence-electron chi connectivity index (χ4n) is 2.37. The summed E-state index contributed by atoms with van der Waals surface area (Å²) in [4.78, 5) is 27.9. The molecular weight excluding hydrogens is 409 g/mol. The van der Waals surface area contributed by atoms with Crippen LogP contribution >= 0.6 is 23.2 Å². The molecule has 2 amide bonds. The average Bonchev–Trinajstić information content (AvgIpc) is 2.72. The van der Waals surface area contributed by atoms with Crippen molar-refractivity contribution >= 4 is 46.3 Å². The van der Waals surface area contributed by atoms with Crippen LogP contribution in [0.1, 0.15) is 11.1 Å². The van der Waals surface area contributed by atoms with Crippen LogP contribution < -0.4 is 15.4 Å². The van der Waals surface area contributed by atoms with E-state index in [2.05, 4.69) is 15.6 Å². The average molecular weight is 430 g/mol. The summed E-state index contributed by atoms with van der Waals surface area (Å²) in [5.41, 5.74) is 1.96. The molecule has 2 rings (SSSR count). The summed E-state index contributed by atoms with van der Waals surface area (Å²) in [6.45, 7) is 0.505. The number of aromatic nitrogens is 1. The van der Waals surface area contributed by atoms with Crippen molar-refractivity contribution in [2.45, 2.75) is 13.2 Å². The van der Waals surface area contributed by atoms with Crippen LogP contribution in [0.25, 0.3) is 10.9 Å². The Morgan fingerprint density at radius 2 is 1.68 bits per heavy atom. The van der Waals surface area contributed by atoms with E-state index in [1.807, 2.05) is 0 Å². The molecule has 2 aromatic rings. The van der Waals surface area contributed by atoms with Gasteiger partial charge in [0.2, 0.25) is 0 Å². The van der Waals surface area contributed by atoms with Gasteiger partial charge in [0.05, 0.1) is 12.6 Å². The van der Waals surface area contributed by atoms with Gasteiger partial charge < -0.3 is 24.8 Å². The molecule has 1 aromatic heterocycles. The highest BCUT2D eigenvalue weighted by Crippen LogP contribution is 2.26. The van der Waals surface area contributed by atoms with Crippen molar-refractivity contribution in [3.8, 4) is 5.75 Å². The third-order valence-electron chi connectivity index (χ3n) is 3.71. The van der Waals surface area contributed by atoms with Crippen molar-refractivity contribution in [1.82, 2.24) is 15.6 Å². The number of methoxy groups -OCH3 is 1. The molecule has 0 fully saturated rings. The number of alkyl halides is 2. The Bertz CT molecular complexity index is 819. The predicted octanol–water partition coefficient (Wildman–Crippen LogP) is 3.17. The number of fused-ring (bicyclic) bond motifs is 1. The van der Waals surface area contributed by atoms with Crippen LogP contribution in [-0.4, -0.2) is 49.1 Å². The smallest absolute Gasteiger partial charge is 0.407 e. The van der Waals surface area contributed by atoms with Gasteiger partial charge in [0.15, 0.2) is 0 Å². The van der Waals surface area contributed by atoms with Crippen LogP contribution in [0, 0.1) is 0 Å². The second-order valence-electron chi connectivity index (χ2n) is 5.53. The van der Waals surface area contributed by atoms with Gasteiger partial charge in [0, 0.05) is 47.6 Å². The van der Waals surface area contributed by atoms with Crippen LogP contribution in [0.4, 0.5) is 9.59 Å². The molecule has 2 N–H and O–H groups in total. The van der Waals surface area contributed by atoms with E-state index in [1.165, 1.54) is 0 Å². The van der Waals surface area contributed by atoms with Crippen LogP contribution in [0.5, 0.6) is 5.75 Å². The lowest BCUT2D eigenvalue weighted by atomic mass is 10.0. The predicted molar refractivity (Wildman–Crippen MR) is 106 cm³/mol. The molecule has 0 atom stereocenters. The van der Waals surface area contributed by atoms with Crippen molar-refractivity contribution in [2.24, 2.45) is 0 Å². The van der Waals surface area contributed by atoms with Crippen molar-refractivity contribution in [3.63, 3.8) is 0 Å². The second-order valence-corrected chi connectivity index (χ2v) is 6.28. The minimum Gasteiger partial charge on any atom is -0.497 e. The lowest BCUT2D eigenvalue weighted by Crippen LogP contribution is -2.27. The van der Waals surface area contributed by atoms with Gasteiger partial charge in [-0.25, -0.2) is 9.59 Å². The van der Waals surface area contributed by atoms with Crippen molar-refractivity contribution in [2.75, 3.05) is 32.0 Å². The molecule has 152 valence electrons. The molecule has 10 heteroatoms. The van der Waals surface area contributed by atoms with E-state index < -0.39 is 12.2 Å². The standard InChI is InChI=1S/C18H21Cl2N3O5/c1-26-13-2-3-16-14(8-13)15(11-28-18(25)22-7-5-20)12(9-23-16)10-27-17(24)21-6-4-19/h2-3,8-9H,4-7,10-11H2,1H3,(H,21,24)(H,22,25). The first-order valence-corrected chi connectivity index (χ1v) is 9.53. The minimum absolute atomic E-state index is 0.0394. The number of benzene rings is 1. The summed E-state index contributed by atoms with van der Waals surface area (Å²) in [5, 5.41) is 5.76. The fraction of sp³-hybridized carbons (Fsp3) is 0.389. The Morgan fingerprint density at radius 3 is 2.29 bits per heavy atom. The zero-order valence-electron chi connectivity index (χ0n) is 15.3. The third-order valence-corrected chi connectivity index (χ3v) is 4.09. The topological polar surface area (TPSA) is 98.8 Å². The largest absolute Gasteiger partial charge is 0.497 e. The van der Waals surface area contributed by atoms with Crippen molar-refractivity contribution in [3.05, 3.63) is 35.5 Å². The summed E-state index contributed by atoms with van der Waals surface area (Å²) in [6.07, 6.45) is 0.386. The van der Waals surface area contributed by atoms with Crippen molar-refractivity contribution < 1.29 is 23.8 Å². The van der Waals surface area contributed by atoms with Gasteiger partial charge in [-0.1, -0.05) is 0 Å². The highest BCUT2D eigenvalue weighted by molar-refractivity contribution is 6.18. The van der Waals surface area contributed by atoms with Crippen LogP contribution in [0.3, 0.4) is 0 Å². The molecule has 0 saturated heterocycles. The maximum absolute atomic E-state index is 11.8.